The number of anilines is 1. The first-order valence-corrected chi connectivity index (χ1v) is 7.80. The summed E-state index contributed by atoms with van der Waals surface area (Å²) >= 11 is 0. The average molecular weight is 334 g/mol. The molecule has 2 heterocycles. The van der Waals surface area contributed by atoms with E-state index >= 15 is 0 Å². The second-order valence-electron chi connectivity index (χ2n) is 5.83. The van der Waals surface area contributed by atoms with Crippen LogP contribution in [0.4, 0.5) is 10.2 Å². The fraction of sp³-hybridized carbons (Fsp3) is 0.438. The molecule has 2 aromatic rings. The zero-order valence-corrected chi connectivity index (χ0v) is 13.4. The van der Waals surface area contributed by atoms with E-state index in [1.807, 2.05) is 0 Å². The number of hydrogen-bond acceptors (Lipinski definition) is 5. The highest BCUT2D eigenvalue weighted by molar-refractivity contribution is 5.98. The van der Waals surface area contributed by atoms with E-state index in [0.717, 1.165) is 17.5 Å². The lowest BCUT2D eigenvalue weighted by atomic mass is 10.2. The van der Waals surface area contributed by atoms with Crippen LogP contribution < -0.4 is 5.73 Å². The van der Waals surface area contributed by atoms with Crippen molar-refractivity contribution >= 4 is 28.5 Å². The Hall–Kier alpha value is -2.48. The van der Waals surface area contributed by atoms with Crippen LogP contribution in [0.1, 0.15) is 24.1 Å². The van der Waals surface area contributed by atoms with Crippen LogP contribution in [0.2, 0.25) is 0 Å². The van der Waals surface area contributed by atoms with Crippen molar-refractivity contribution in [3.05, 3.63) is 24.0 Å². The molecule has 1 amide bonds. The summed E-state index contributed by atoms with van der Waals surface area (Å²) in [6.45, 7) is 0.375. The minimum Gasteiger partial charge on any atom is -0.382 e. The van der Waals surface area contributed by atoms with Gasteiger partial charge in [0.05, 0.1) is 5.52 Å². The highest BCUT2D eigenvalue weighted by atomic mass is 19.1. The zero-order chi connectivity index (χ0) is 17.3. The van der Waals surface area contributed by atoms with E-state index in [0.29, 0.717) is 23.9 Å². The maximum absolute atomic E-state index is 13.3. The molecule has 24 heavy (non-hydrogen) atoms. The lowest BCUT2D eigenvalue weighted by Gasteiger charge is -2.22. The van der Waals surface area contributed by atoms with E-state index in [-0.39, 0.29) is 18.3 Å². The first kappa shape index (κ1) is 16.4. The number of methoxy groups -OCH3 is 1. The molecule has 128 valence electrons. The maximum Gasteiger partial charge on any atom is 0.267 e. The Kier molecular flexibility index (Phi) is 4.48. The summed E-state index contributed by atoms with van der Waals surface area (Å²) in [5.74, 6) is -0.964. The van der Waals surface area contributed by atoms with Gasteiger partial charge >= 0.3 is 0 Å². The van der Waals surface area contributed by atoms with E-state index in [9.17, 15) is 14.0 Å². The van der Waals surface area contributed by atoms with Crippen LogP contribution in [0.15, 0.2) is 18.2 Å². The first-order chi connectivity index (χ1) is 11.5. The molecular formula is C16H19FN4O3. The minimum atomic E-state index is -0.520. The van der Waals surface area contributed by atoms with Crippen LogP contribution in [0, 0.1) is 5.82 Å². The van der Waals surface area contributed by atoms with Crippen molar-refractivity contribution in [1.29, 1.82) is 0 Å². The molecule has 8 heteroatoms. The third-order valence-electron chi connectivity index (χ3n) is 4.25. The van der Waals surface area contributed by atoms with E-state index in [1.54, 1.807) is 0 Å². The second kappa shape index (κ2) is 6.56. The number of nitrogen functional groups attached to an aromatic ring is 1. The summed E-state index contributed by atoms with van der Waals surface area (Å²) in [7, 11) is 1.49. The predicted molar refractivity (Wildman–Crippen MR) is 86.0 cm³/mol. The van der Waals surface area contributed by atoms with Crippen LogP contribution in [0.5, 0.6) is 0 Å². The van der Waals surface area contributed by atoms with Gasteiger partial charge in [-0.3, -0.25) is 9.59 Å². The molecule has 1 fully saturated rings. The Labute approximate surface area is 138 Å². The van der Waals surface area contributed by atoms with Gasteiger partial charge in [-0.15, -0.1) is 5.10 Å². The number of nitrogens with two attached hydrogens (primary N) is 1. The number of fused-ring (bicyclic) bond motifs is 1. The Morgan fingerprint density at radius 1 is 1.46 bits per heavy atom. The number of ether oxygens (including phenoxy) is 1. The minimum absolute atomic E-state index is 0.0785. The molecular weight excluding hydrogens is 315 g/mol. The van der Waals surface area contributed by atoms with Gasteiger partial charge in [-0.1, -0.05) is 0 Å². The molecule has 0 aliphatic carbocycles. The van der Waals surface area contributed by atoms with Gasteiger partial charge in [0.2, 0.25) is 0 Å². The smallest absolute Gasteiger partial charge is 0.267 e. The van der Waals surface area contributed by atoms with Crippen molar-refractivity contribution in [2.24, 2.45) is 0 Å². The normalized spacial score (nSPS) is 18.8. The Morgan fingerprint density at radius 2 is 2.25 bits per heavy atom. The van der Waals surface area contributed by atoms with Gasteiger partial charge in [0.15, 0.2) is 5.82 Å². The maximum atomic E-state index is 13.3. The van der Waals surface area contributed by atoms with Crippen LogP contribution >= 0.6 is 0 Å². The van der Waals surface area contributed by atoms with Crippen molar-refractivity contribution in [2.75, 3.05) is 25.9 Å². The second-order valence-corrected chi connectivity index (χ2v) is 5.83. The number of benzene rings is 1. The van der Waals surface area contributed by atoms with Crippen LogP contribution in [0.3, 0.4) is 0 Å². The third-order valence-corrected chi connectivity index (χ3v) is 4.25. The number of hydrogen-bond donors (Lipinski definition) is 1. The Morgan fingerprint density at radius 3 is 3.00 bits per heavy atom. The van der Waals surface area contributed by atoms with Crippen molar-refractivity contribution in [3.63, 3.8) is 0 Å². The topological polar surface area (TPSA) is 90.4 Å². The molecule has 7 nitrogen and oxygen atoms in total. The Balaban J connectivity index is 1.86. The predicted octanol–water partition coefficient (Wildman–Crippen LogP) is 1.43. The number of carbonyl (C=O) groups is 2. The monoisotopic (exact) mass is 334 g/mol. The molecule has 0 saturated carbocycles. The van der Waals surface area contributed by atoms with Gasteiger partial charge in [-0.05, 0) is 37.5 Å². The first-order valence-electron chi connectivity index (χ1n) is 7.80. The molecule has 0 bridgehead atoms. The summed E-state index contributed by atoms with van der Waals surface area (Å²) in [5, 5.41) is 4.37. The molecule has 0 spiro atoms. The zero-order valence-electron chi connectivity index (χ0n) is 13.4. The molecule has 1 aromatic heterocycles. The number of amides is 1. The molecule has 1 aromatic carbocycles. The lowest BCUT2D eigenvalue weighted by molar-refractivity contribution is -0.140. The van der Waals surface area contributed by atoms with E-state index in [1.165, 1.54) is 30.2 Å². The van der Waals surface area contributed by atoms with Gasteiger partial charge in [-0.25, -0.2) is 4.39 Å². The number of carbonyl (C=O) groups excluding carboxylic acids is 2. The summed E-state index contributed by atoms with van der Waals surface area (Å²) < 4.78 is 19.7. The summed E-state index contributed by atoms with van der Waals surface area (Å²) in [6, 6.07) is 3.93. The van der Waals surface area contributed by atoms with Gasteiger partial charge in [0.1, 0.15) is 18.5 Å². The van der Waals surface area contributed by atoms with Crippen molar-refractivity contribution < 1.29 is 18.7 Å². The fourth-order valence-electron chi connectivity index (χ4n) is 2.98. The SMILES string of the molecule is COC1CCCCN(CC(=O)n2nc(N)c3cc(F)ccc32)C1=O. The quantitative estimate of drug-likeness (QED) is 0.917. The average Bonchev–Trinajstić information content (AvgIpc) is 2.78. The highest BCUT2D eigenvalue weighted by Gasteiger charge is 2.29. The van der Waals surface area contributed by atoms with Crippen LogP contribution in [-0.2, 0) is 9.53 Å². The standard InChI is InChI=1S/C16H19FN4O3/c1-24-13-4-2-3-7-20(16(13)23)9-14(22)21-12-6-5-10(17)8-11(12)15(18)19-21/h5-6,8,13H,2-4,7,9H2,1H3,(H2,18,19). The van der Waals surface area contributed by atoms with Crippen molar-refractivity contribution in [3.8, 4) is 0 Å². The molecule has 1 aliphatic heterocycles. The van der Waals surface area contributed by atoms with Gasteiger partial charge < -0.3 is 15.4 Å². The van der Waals surface area contributed by atoms with E-state index < -0.39 is 17.8 Å². The summed E-state index contributed by atoms with van der Waals surface area (Å²) in [5.41, 5.74) is 6.18. The summed E-state index contributed by atoms with van der Waals surface area (Å²) in [6.07, 6.45) is 1.81. The van der Waals surface area contributed by atoms with Gasteiger partial charge in [0.25, 0.3) is 11.8 Å². The number of likely N-dealkylation sites (tertiary alicyclic amines) is 1. The molecule has 1 aliphatic rings. The van der Waals surface area contributed by atoms with Crippen molar-refractivity contribution in [1.82, 2.24) is 14.7 Å². The van der Waals surface area contributed by atoms with Gasteiger partial charge in [-0.2, -0.15) is 4.68 Å². The van der Waals surface area contributed by atoms with E-state index in [2.05, 4.69) is 5.10 Å². The highest BCUT2D eigenvalue weighted by Crippen LogP contribution is 2.22. The molecule has 1 unspecified atom stereocenters. The van der Waals surface area contributed by atoms with Gasteiger partial charge in [0, 0.05) is 19.0 Å². The van der Waals surface area contributed by atoms with Crippen molar-refractivity contribution in [2.45, 2.75) is 25.4 Å². The molecule has 1 atom stereocenters. The Bertz CT molecular complexity index is 789. The molecule has 3 rings (SSSR count). The molecule has 0 radical (unpaired) electrons. The molecule has 2 N–H and O–H groups in total. The summed E-state index contributed by atoms with van der Waals surface area (Å²) in [4.78, 5) is 26.5. The largest absolute Gasteiger partial charge is 0.382 e. The number of nitrogens with zero attached hydrogens (tertiary/aromatic N) is 3. The van der Waals surface area contributed by atoms with Crippen LogP contribution in [0.25, 0.3) is 10.9 Å². The number of rotatable bonds is 3. The molecule has 1 saturated heterocycles. The number of halogens is 1. The van der Waals surface area contributed by atoms with E-state index in [4.69, 9.17) is 10.5 Å². The third kappa shape index (κ3) is 2.96. The lowest BCUT2D eigenvalue weighted by Crippen LogP contribution is -2.42. The number of aromatic nitrogens is 2. The fourth-order valence-corrected chi connectivity index (χ4v) is 2.98. The van der Waals surface area contributed by atoms with Crippen LogP contribution in [-0.4, -0.2) is 52.8 Å².